The smallest absolute Gasteiger partial charge is 0.289 e. The summed E-state index contributed by atoms with van der Waals surface area (Å²) in [6, 6.07) is 1.30. The van der Waals surface area contributed by atoms with Crippen LogP contribution in [0.15, 0.2) is 10.5 Å². The minimum atomic E-state index is -0.834. The van der Waals surface area contributed by atoms with Gasteiger partial charge in [0.05, 0.1) is 12.5 Å². The topological polar surface area (TPSA) is 109 Å². The lowest BCUT2D eigenvalue weighted by Gasteiger charge is -2.33. The molecule has 8 nitrogen and oxygen atoms in total. The average molecular weight is 361 g/mol. The minimum Gasteiger partial charge on any atom is -0.507 e. The van der Waals surface area contributed by atoms with Gasteiger partial charge in [0.25, 0.3) is 11.8 Å². The highest BCUT2D eigenvalue weighted by Crippen LogP contribution is 2.40. The lowest BCUT2D eigenvalue weighted by atomic mass is 10.1. The van der Waals surface area contributed by atoms with E-state index in [0.717, 1.165) is 19.6 Å². The van der Waals surface area contributed by atoms with Crippen molar-refractivity contribution in [2.45, 2.75) is 13.8 Å². The zero-order valence-corrected chi connectivity index (χ0v) is 15.2. The molecule has 1 aromatic heterocycles. The first-order chi connectivity index (χ1) is 12.4. The van der Waals surface area contributed by atoms with Crippen molar-refractivity contribution in [2.75, 3.05) is 39.8 Å². The second-order valence-electron chi connectivity index (χ2n) is 6.32. The molecule has 0 radical (unpaired) electrons. The van der Waals surface area contributed by atoms with Crippen LogP contribution in [0.25, 0.3) is 11.0 Å². The Morgan fingerprint density at radius 2 is 1.96 bits per heavy atom. The van der Waals surface area contributed by atoms with E-state index < -0.39 is 5.91 Å². The van der Waals surface area contributed by atoms with Crippen molar-refractivity contribution in [3.63, 3.8) is 0 Å². The van der Waals surface area contributed by atoms with Gasteiger partial charge in [-0.25, -0.2) is 0 Å². The Bertz CT molecular complexity index is 866. The largest absolute Gasteiger partial charge is 0.507 e. The SMILES string of the molecule is CCN1CCN(C(=O)c2oc3c(C(N)=O)c(O)cc(OC)c3c2C)CC1. The molecule has 0 aliphatic carbocycles. The number of piperazine rings is 1. The molecule has 2 aromatic rings. The van der Waals surface area contributed by atoms with Gasteiger partial charge in [0.15, 0.2) is 11.3 Å². The number of methoxy groups -OCH3 is 1. The summed E-state index contributed by atoms with van der Waals surface area (Å²) in [5, 5.41) is 10.6. The third-order valence-electron chi connectivity index (χ3n) is 4.91. The summed E-state index contributed by atoms with van der Waals surface area (Å²) in [5.74, 6) is -0.966. The second kappa shape index (κ2) is 6.87. The molecule has 1 aliphatic heterocycles. The fourth-order valence-electron chi connectivity index (χ4n) is 3.38. The molecule has 2 heterocycles. The fraction of sp³-hybridized carbons (Fsp3) is 0.444. The van der Waals surface area contributed by atoms with Crippen LogP contribution in [-0.4, -0.2) is 66.6 Å². The van der Waals surface area contributed by atoms with Crippen molar-refractivity contribution in [1.82, 2.24) is 9.80 Å². The molecule has 3 rings (SSSR count). The number of hydrogen-bond acceptors (Lipinski definition) is 6. The van der Waals surface area contributed by atoms with Gasteiger partial charge in [-0.1, -0.05) is 6.92 Å². The van der Waals surface area contributed by atoms with Crippen molar-refractivity contribution in [1.29, 1.82) is 0 Å². The van der Waals surface area contributed by atoms with E-state index in [1.807, 2.05) is 0 Å². The molecule has 0 saturated carbocycles. The van der Waals surface area contributed by atoms with Gasteiger partial charge in [-0.3, -0.25) is 9.59 Å². The number of benzene rings is 1. The monoisotopic (exact) mass is 361 g/mol. The lowest BCUT2D eigenvalue weighted by molar-refractivity contribution is 0.0613. The van der Waals surface area contributed by atoms with Crippen LogP contribution in [-0.2, 0) is 0 Å². The molecular formula is C18H23N3O5. The number of aryl methyl sites for hydroxylation is 1. The summed E-state index contributed by atoms with van der Waals surface area (Å²) in [4.78, 5) is 28.7. The molecule has 3 N–H and O–H groups in total. The van der Waals surface area contributed by atoms with Crippen molar-refractivity contribution >= 4 is 22.8 Å². The van der Waals surface area contributed by atoms with Crippen LogP contribution >= 0.6 is 0 Å². The predicted molar refractivity (Wildman–Crippen MR) is 95.7 cm³/mol. The van der Waals surface area contributed by atoms with Crippen LogP contribution in [0.2, 0.25) is 0 Å². The first-order valence-electron chi connectivity index (χ1n) is 8.53. The maximum absolute atomic E-state index is 12.9. The summed E-state index contributed by atoms with van der Waals surface area (Å²) in [7, 11) is 1.44. The van der Waals surface area contributed by atoms with Crippen LogP contribution in [0, 0.1) is 6.92 Å². The molecule has 0 spiro atoms. The summed E-state index contributed by atoms with van der Waals surface area (Å²) < 4.78 is 11.0. The van der Waals surface area contributed by atoms with Crippen molar-refractivity contribution in [2.24, 2.45) is 5.73 Å². The molecule has 2 amide bonds. The minimum absolute atomic E-state index is 0.0717. The number of hydrogen-bond donors (Lipinski definition) is 2. The van der Waals surface area contributed by atoms with E-state index in [1.165, 1.54) is 13.2 Å². The molecule has 0 atom stereocenters. The number of rotatable bonds is 4. The van der Waals surface area contributed by atoms with E-state index in [0.29, 0.717) is 29.8 Å². The number of phenols is 1. The number of likely N-dealkylation sites (N-methyl/N-ethyl adjacent to an activating group) is 1. The Balaban J connectivity index is 2.07. The summed E-state index contributed by atoms with van der Waals surface area (Å²) >= 11 is 0. The van der Waals surface area contributed by atoms with Gasteiger partial charge in [-0.15, -0.1) is 0 Å². The molecule has 8 heteroatoms. The first kappa shape index (κ1) is 18.1. The van der Waals surface area contributed by atoms with Gasteiger partial charge in [0, 0.05) is 37.8 Å². The van der Waals surface area contributed by atoms with Gasteiger partial charge in [0.2, 0.25) is 0 Å². The zero-order valence-electron chi connectivity index (χ0n) is 15.2. The number of primary amides is 1. The number of amides is 2. The highest BCUT2D eigenvalue weighted by Gasteiger charge is 2.30. The van der Waals surface area contributed by atoms with E-state index in [-0.39, 0.29) is 28.6 Å². The maximum atomic E-state index is 12.9. The standard InChI is InChI=1S/C18H23N3O5/c1-4-20-5-7-21(8-6-20)18(24)15-10(2)13-12(25-3)9-11(22)14(17(19)23)16(13)26-15/h9,22H,4-8H2,1-3H3,(H2,19,23). The molecule has 0 bridgehead atoms. The third-order valence-corrected chi connectivity index (χ3v) is 4.91. The summed E-state index contributed by atoms with van der Waals surface area (Å²) in [6.07, 6.45) is 0. The molecule has 1 fully saturated rings. The third kappa shape index (κ3) is 2.86. The average Bonchev–Trinajstić information content (AvgIpc) is 2.97. The number of nitrogens with two attached hydrogens (primary N) is 1. The number of nitrogens with zero attached hydrogens (tertiary/aromatic N) is 2. The van der Waals surface area contributed by atoms with Gasteiger partial charge < -0.3 is 29.8 Å². The van der Waals surface area contributed by atoms with E-state index in [9.17, 15) is 14.7 Å². The number of ether oxygens (including phenoxy) is 1. The summed E-state index contributed by atoms with van der Waals surface area (Å²) in [6.45, 7) is 7.58. The van der Waals surface area contributed by atoms with Crippen molar-refractivity contribution in [3.8, 4) is 11.5 Å². The number of fused-ring (bicyclic) bond motifs is 1. The quantitative estimate of drug-likeness (QED) is 0.850. The van der Waals surface area contributed by atoms with Crippen LogP contribution < -0.4 is 10.5 Å². The first-order valence-corrected chi connectivity index (χ1v) is 8.53. The molecule has 140 valence electrons. The lowest BCUT2D eigenvalue weighted by Crippen LogP contribution is -2.48. The zero-order chi connectivity index (χ0) is 19.0. The Labute approximate surface area is 151 Å². The molecule has 26 heavy (non-hydrogen) atoms. The number of carbonyl (C=O) groups is 2. The van der Waals surface area contributed by atoms with E-state index in [2.05, 4.69) is 11.8 Å². The van der Waals surface area contributed by atoms with E-state index >= 15 is 0 Å². The van der Waals surface area contributed by atoms with Gasteiger partial charge >= 0.3 is 0 Å². The number of carbonyl (C=O) groups excluding carboxylic acids is 2. The highest BCUT2D eigenvalue weighted by atomic mass is 16.5. The van der Waals surface area contributed by atoms with Gasteiger partial charge in [-0.05, 0) is 13.5 Å². The van der Waals surface area contributed by atoms with Crippen LogP contribution in [0.1, 0.15) is 33.4 Å². The normalized spacial score (nSPS) is 15.4. The fourth-order valence-corrected chi connectivity index (χ4v) is 3.38. The Hall–Kier alpha value is -2.74. The Morgan fingerprint density at radius 1 is 1.31 bits per heavy atom. The van der Waals surface area contributed by atoms with Gasteiger partial charge in [-0.2, -0.15) is 0 Å². The number of furan rings is 1. The predicted octanol–water partition coefficient (Wildman–Crippen LogP) is 1.33. The molecule has 1 saturated heterocycles. The highest BCUT2D eigenvalue weighted by molar-refractivity contribution is 6.11. The summed E-state index contributed by atoms with van der Waals surface area (Å²) in [5.41, 5.74) is 5.86. The second-order valence-corrected chi connectivity index (χ2v) is 6.32. The van der Waals surface area contributed by atoms with Gasteiger partial charge in [0.1, 0.15) is 17.1 Å². The molecule has 0 unspecified atom stereocenters. The molecule has 1 aromatic carbocycles. The number of aromatic hydroxyl groups is 1. The van der Waals surface area contributed by atoms with Crippen LogP contribution in [0.4, 0.5) is 0 Å². The van der Waals surface area contributed by atoms with Crippen LogP contribution in [0.3, 0.4) is 0 Å². The van der Waals surface area contributed by atoms with E-state index in [4.69, 9.17) is 14.9 Å². The maximum Gasteiger partial charge on any atom is 0.289 e. The molecular weight excluding hydrogens is 338 g/mol. The molecule has 1 aliphatic rings. The van der Waals surface area contributed by atoms with Crippen molar-refractivity contribution < 1.29 is 23.8 Å². The Morgan fingerprint density at radius 3 is 2.50 bits per heavy atom. The van der Waals surface area contributed by atoms with Crippen molar-refractivity contribution in [3.05, 3.63) is 23.0 Å². The van der Waals surface area contributed by atoms with Crippen LogP contribution in [0.5, 0.6) is 11.5 Å². The van der Waals surface area contributed by atoms with E-state index in [1.54, 1.807) is 11.8 Å². The Kier molecular flexibility index (Phi) is 4.78.